The second-order valence-electron chi connectivity index (χ2n) is 11.7. The van der Waals surface area contributed by atoms with E-state index in [4.69, 9.17) is 0 Å². The van der Waals surface area contributed by atoms with Crippen LogP contribution in [0.1, 0.15) is 46.1 Å². The quantitative estimate of drug-likeness (QED) is 0.399. The van der Waals surface area contributed by atoms with Gasteiger partial charge in [0.05, 0.1) is 29.2 Å². The van der Waals surface area contributed by atoms with E-state index in [1.54, 1.807) is 38.6 Å². The first-order chi connectivity index (χ1) is 18.6. The molecule has 0 radical (unpaired) electrons. The molecule has 3 heterocycles. The van der Waals surface area contributed by atoms with E-state index in [1.165, 1.54) is 0 Å². The van der Waals surface area contributed by atoms with Gasteiger partial charge in [-0.25, -0.2) is 0 Å². The molecule has 3 aliphatic rings. The van der Waals surface area contributed by atoms with Crippen molar-refractivity contribution >= 4 is 29.5 Å². The third-order valence-electron chi connectivity index (χ3n) is 8.68. The van der Waals surface area contributed by atoms with Gasteiger partial charge in [-0.2, -0.15) is 0 Å². The van der Waals surface area contributed by atoms with Crippen molar-refractivity contribution in [2.24, 2.45) is 17.8 Å². The highest BCUT2D eigenvalue weighted by Crippen LogP contribution is 2.67. The van der Waals surface area contributed by atoms with Crippen LogP contribution in [0, 0.1) is 17.8 Å². The van der Waals surface area contributed by atoms with Crippen LogP contribution in [0.5, 0.6) is 0 Å². The minimum Gasteiger partial charge on any atom is -0.394 e. The molecule has 1 aromatic rings. The molecule has 1 aromatic carbocycles. The zero-order valence-electron chi connectivity index (χ0n) is 23.7. The zero-order chi connectivity index (χ0) is 28.5. The molecular formula is C31H43N3O4S. The Bertz CT molecular complexity index is 1090. The average Bonchev–Trinajstić information content (AvgIpc) is 3.55. The van der Waals surface area contributed by atoms with E-state index in [0.717, 1.165) is 12.0 Å². The van der Waals surface area contributed by atoms with Crippen molar-refractivity contribution in [2.45, 2.75) is 75.2 Å². The zero-order valence-corrected chi connectivity index (χ0v) is 24.5. The number of benzene rings is 1. The number of carbonyl (C=O) groups is 3. The Labute approximate surface area is 237 Å². The lowest BCUT2D eigenvalue weighted by Gasteiger charge is -2.41. The third kappa shape index (κ3) is 5.06. The molecule has 39 heavy (non-hydrogen) atoms. The van der Waals surface area contributed by atoms with Gasteiger partial charge in [0.15, 0.2) is 0 Å². The Morgan fingerprint density at radius 1 is 1.13 bits per heavy atom. The molecule has 6 atom stereocenters. The molecule has 3 amide bonds. The maximum atomic E-state index is 14.4. The van der Waals surface area contributed by atoms with Gasteiger partial charge in [0.1, 0.15) is 6.04 Å². The van der Waals surface area contributed by atoms with Crippen LogP contribution in [0.15, 0.2) is 55.6 Å². The van der Waals surface area contributed by atoms with Crippen molar-refractivity contribution in [3.8, 4) is 0 Å². The smallest absolute Gasteiger partial charge is 0.247 e. The summed E-state index contributed by atoms with van der Waals surface area (Å²) in [6.07, 6.45) is 4.92. The van der Waals surface area contributed by atoms with Gasteiger partial charge in [-0.05, 0) is 38.2 Å². The summed E-state index contributed by atoms with van der Waals surface area (Å²) in [7, 11) is 0. The number of fused-ring (bicyclic) bond motifs is 1. The lowest BCUT2D eigenvalue weighted by molar-refractivity contribution is -0.148. The summed E-state index contributed by atoms with van der Waals surface area (Å²) >= 11 is 1.67. The fourth-order valence-corrected chi connectivity index (χ4v) is 9.08. The van der Waals surface area contributed by atoms with E-state index in [0.29, 0.717) is 26.1 Å². The van der Waals surface area contributed by atoms with Gasteiger partial charge in [0.2, 0.25) is 17.7 Å². The van der Waals surface area contributed by atoms with Crippen LogP contribution in [0.2, 0.25) is 0 Å². The molecule has 3 fully saturated rings. The second-order valence-corrected chi connectivity index (χ2v) is 13.3. The van der Waals surface area contributed by atoms with Crippen molar-refractivity contribution in [3.05, 3.63) is 61.2 Å². The van der Waals surface area contributed by atoms with Crippen molar-refractivity contribution in [1.29, 1.82) is 0 Å². The molecule has 2 unspecified atom stereocenters. The molecule has 3 aliphatic heterocycles. The molecule has 1 N–H and O–H groups in total. The van der Waals surface area contributed by atoms with E-state index >= 15 is 0 Å². The van der Waals surface area contributed by atoms with Crippen LogP contribution in [0.4, 0.5) is 0 Å². The number of aliphatic hydroxyl groups excluding tert-OH is 1. The van der Waals surface area contributed by atoms with Gasteiger partial charge in [0.25, 0.3) is 0 Å². The molecular weight excluding hydrogens is 510 g/mol. The number of hydrogen-bond donors (Lipinski definition) is 1. The van der Waals surface area contributed by atoms with E-state index in [9.17, 15) is 19.5 Å². The number of amides is 3. The van der Waals surface area contributed by atoms with Gasteiger partial charge >= 0.3 is 0 Å². The Hall–Kier alpha value is -2.58. The molecule has 0 saturated carbocycles. The lowest BCUT2D eigenvalue weighted by Crippen LogP contribution is -2.59. The van der Waals surface area contributed by atoms with Gasteiger partial charge < -0.3 is 19.8 Å². The van der Waals surface area contributed by atoms with Crippen molar-refractivity contribution in [2.75, 3.05) is 19.7 Å². The van der Waals surface area contributed by atoms with Crippen LogP contribution in [0.3, 0.4) is 0 Å². The monoisotopic (exact) mass is 553 g/mol. The minimum absolute atomic E-state index is 0.0227. The number of carbonyl (C=O) groups excluding carboxylic acids is 3. The molecule has 7 nitrogen and oxygen atoms in total. The van der Waals surface area contributed by atoms with Crippen molar-refractivity contribution < 1.29 is 19.5 Å². The predicted octanol–water partition coefficient (Wildman–Crippen LogP) is 3.73. The third-order valence-corrected chi connectivity index (χ3v) is 10.6. The molecule has 212 valence electrons. The summed E-state index contributed by atoms with van der Waals surface area (Å²) < 4.78 is -0.692. The van der Waals surface area contributed by atoms with Crippen LogP contribution < -0.4 is 0 Å². The highest BCUT2D eigenvalue weighted by atomic mass is 32.2. The summed E-state index contributed by atoms with van der Waals surface area (Å²) in [6.45, 7) is 16.5. The Morgan fingerprint density at radius 2 is 1.79 bits per heavy atom. The minimum atomic E-state index is -0.730. The van der Waals surface area contributed by atoms with Gasteiger partial charge in [-0.3, -0.25) is 14.4 Å². The van der Waals surface area contributed by atoms with Crippen LogP contribution in [0.25, 0.3) is 0 Å². The first-order valence-electron chi connectivity index (χ1n) is 14.1. The fourth-order valence-electron chi connectivity index (χ4n) is 6.88. The molecule has 1 spiro atoms. The van der Waals surface area contributed by atoms with Crippen molar-refractivity contribution in [1.82, 2.24) is 14.7 Å². The summed E-state index contributed by atoms with van der Waals surface area (Å²) in [5.41, 5.74) is 1.02. The molecule has 2 bridgehead atoms. The topological polar surface area (TPSA) is 81.2 Å². The SMILES string of the molecule is C=CCN(Cc1ccccc1)C(=O)[C@@H]1[C@@H]2CCC3(S2)C(C(=O)N(CC=C)C(C)C)N([C@@H](CO)C(C)C)C(=O)[C@H]13. The number of hydrogen-bond acceptors (Lipinski definition) is 5. The van der Waals surface area contributed by atoms with E-state index in [2.05, 4.69) is 13.2 Å². The van der Waals surface area contributed by atoms with Crippen molar-refractivity contribution in [3.63, 3.8) is 0 Å². The Kier molecular flexibility index (Phi) is 8.96. The molecule has 0 aliphatic carbocycles. The Morgan fingerprint density at radius 3 is 2.36 bits per heavy atom. The van der Waals surface area contributed by atoms with Crippen LogP contribution >= 0.6 is 11.8 Å². The standard InChI is InChI=1S/C31H43N3O4S/c1-7-16-32(18-22-12-10-9-11-13-22)28(36)25-24-14-15-31(39-24)26(25)29(37)34(23(19-35)20(3)4)27(31)30(38)33(17-8-2)21(5)6/h7-13,20-21,23-27,35H,1-2,14-19H2,3-6H3/t23-,24-,25+,26-,27?,31?/m0/s1. The first kappa shape index (κ1) is 29.4. The van der Waals surface area contributed by atoms with E-state index in [1.807, 2.05) is 58.0 Å². The average molecular weight is 554 g/mol. The largest absolute Gasteiger partial charge is 0.394 e. The Balaban J connectivity index is 1.76. The van der Waals surface area contributed by atoms with E-state index in [-0.39, 0.29) is 41.5 Å². The number of likely N-dealkylation sites (tertiary alicyclic amines) is 1. The normalized spacial score (nSPS) is 28.1. The molecule has 0 aromatic heterocycles. The predicted molar refractivity (Wildman–Crippen MR) is 156 cm³/mol. The van der Waals surface area contributed by atoms with Gasteiger partial charge in [-0.15, -0.1) is 24.9 Å². The number of rotatable bonds is 12. The summed E-state index contributed by atoms with van der Waals surface area (Å²) in [5, 5.41) is 10.4. The molecule has 4 rings (SSSR count). The summed E-state index contributed by atoms with van der Waals surface area (Å²) in [5.74, 6) is -1.51. The van der Waals surface area contributed by atoms with Gasteiger partial charge in [0, 0.05) is 30.9 Å². The second kappa shape index (κ2) is 11.9. The lowest BCUT2D eigenvalue weighted by atomic mass is 9.70. The van der Waals surface area contributed by atoms with Crippen LogP contribution in [-0.2, 0) is 20.9 Å². The molecule has 8 heteroatoms. The summed E-state index contributed by atoms with van der Waals surface area (Å²) in [4.78, 5) is 48.2. The number of thioether (sulfide) groups is 1. The number of nitrogens with zero attached hydrogens (tertiary/aromatic N) is 3. The molecule has 3 saturated heterocycles. The van der Waals surface area contributed by atoms with Gasteiger partial charge in [-0.1, -0.05) is 56.3 Å². The fraction of sp³-hybridized carbons (Fsp3) is 0.581. The summed E-state index contributed by atoms with van der Waals surface area (Å²) in [6, 6.07) is 8.52. The highest BCUT2D eigenvalue weighted by Gasteiger charge is 2.74. The number of aliphatic hydroxyl groups is 1. The first-order valence-corrected chi connectivity index (χ1v) is 15.0. The van der Waals surface area contributed by atoms with Crippen LogP contribution in [-0.4, -0.2) is 85.3 Å². The maximum Gasteiger partial charge on any atom is 0.247 e. The maximum absolute atomic E-state index is 14.4. The van der Waals surface area contributed by atoms with E-state index < -0.39 is 28.7 Å². The highest BCUT2D eigenvalue weighted by molar-refractivity contribution is 8.02.